The standard InChI is InChI=1S/C19H19N3O5/c1-4-8-20-11(2)9-14(12(20)3)16(23)10-21-18(24)13-6-5-7-15(22(26)27)17(13)19(21)25/h5-7,9H,4,8,10H2,1-3H3. The summed E-state index contributed by atoms with van der Waals surface area (Å²) in [6, 6.07) is 5.63. The van der Waals surface area contributed by atoms with E-state index in [9.17, 15) is 24.5 Å². The SMILES string of the molecule is CCCn1c(C)cc(C(=O)CN2C(=O)c3cccc([N+](=O)[O-])c3C2=O)c1C. The Balaban J connectivity index is 1.91. The Kier molecular flexibility index (Phi) is 4.65. The van der Waals surface area contributed by atoms with E-state index in [1.807, 2.05) is 25.3 Å². The van der Waals surface area contributed by atoms with Crippen LogP contribution in [0.4, 0.5) is 5.69 Å². The number of hydrogen-bond acceptors (Lipinski definition) is 5. The van der Waals surface area contributed by atoms with Crippen molar-refractivity contribution in [1.29, 1.82) is 0 Å². The first-order chi connectivity index (χ1) is 12.8. The summed E-state index contributed by atoms with van der Waals surface area (Å²) in [5.74, 6) is -1.87. The lowest BCUT2D eigenvalue weighted by molar-refractivity contribution is -0.385. The quantitative estimate of drug-likeness (QED) is 0.337. The van der Waals surface area contributed by atoms with Gasteiger partial charge in [-0.15, -0.1) is 0 Å². The summed E-state index contributed by atoms with van der Waals surface area (Å²) in [5, 5.41) is 11.2. The molecule has 1 aromatic heterocycles. The van der Waals surface area contributed by atoms with E-state index < -0.39 is 29.0 Å². The van der Waals surface area contributed by atoms with E-state index in [2.05, 4.69) is 0 Å². The highest BCUT2D eigenvalue weighted by Crippen LogP contribution is 2.31. The number of amides is 2. The molecule has 0 bridgehead atoms. The Bertz CT molecular complexity index is 989. The van der Waals surface area contributed by atoms with Crippen molar-refractivity contribution in [1.82, 2.24) is 9.47 Å². The third kappa shape index (κ3) is 2.92. The number of aromatic nitrogens is 1. The summed E-state index contributed by atoms with van der Waals surface area (Å²) in [6.07, 6.45) is 0.909. The number of imide groups is 1. The Labute approximate surface area is 155 Å². The molecule has 2 aromatic rings. The first-order valence-electron chi connectivity index (χ1n) is 8.61. The maximum atomic E-state index is 12.8. The Hall–Kier alpha value is -3.29. The zero-order valence-corrected chi connectivity index (χ0v) is 15.3. The van der Waals surface area contributed by atoms with Crippen molar-refractivity contribution in [3.05, 3.63) is 62.5 Å². The summed E-state index contributed by atoms with van der Waals surface area (Å²) < 4.78 is 2.01. The van der Waals surface area contributed by atoms with Gasteiger partial charge in [0.1, 0.15) is 5.56 Å². The molecule has 1 aliphatic rings. The lowest BCUT2D eigenvalue weighted by Gasteiger charge is -2.13. The van der Waals surface area contributed by atoms with Crippen molar-refractivity contribution in [2.45, 2.75) is 33.7 Å². The van der Waals surface area contributed by atoms with E-state index in [0.29, 0.717) is 5.56 Å². The second-order valence-corrected chi connectivity index (χ2v) is 6.51. The minimum Gasteiger partial charge on any atom is -0.348 e. The number of carbonyl (C=O) groups is 3. The van der Waals surface area contributed by atoms with Gasteiger partial charge < -0.3 is 4.57 Å². The number of nitro benzene ring substituents is 1. The molecule has 2 heterocycles. The van der Waals surface area contributed by atoms with Gasteiger partial charge in [0.15, 0.2) is 5.78 Å². The number of nitro groups is 1. The van der Waals surface area contributed by atoms with Gasteiger partial charge >= 0.3 is 0 Å². The molecule has 0 unspecified atom stereocenters. The van der Waals surface area contributed by atoms with Crippen LogP contribution in [0.1, 0.15) is 55.8 Å². The predicted octanol–water partition coefficient (Wildman–Crippen LogP) is 2.90. The molecule has 0 aliphatic carbocycles. The van der Waals surface area contributed by atoms with Gasteiger partial charge in [-0.3, -0.25) is 29.4 Å². The molecule has 8 heteroatoms. The van der Waals surface area contributed by atoms with Crippen LogP contribution < -0.4 is 0 Å². The number of fused-ring (bicyclic) bond motifs is 1. The molecule has 1 aliphatic heterocycles. The van der Waals surface area contributed by atoms with E-state index >= 15 is 0 Å². The van der Waals surface area contributed by atoms with Crippen LogP contribution in [-0.2, 0) is 6.54 Å². The number of hydrogen-bond donors (Lipinski definition) is 0. The van der Waals surface area contributed by atoms with Crippen LogP contribution in [0.25, 0.3) is 0 Å². The number of rotatable bonds is 6. The maximum absolute atomic E-state index is 12.8. The lowest BCUT2D eigenvalue weighted by Crippen LogP contribution is -2.35. The molecule has 0 spiro atoms. The number of ketones is 1. The highest BCUT2D eigenvalue weighted by atomic mass is 16.6. The van der Waals surface area contributed by atoms with E-state index in [0.717, 1.165) is 29.3 Å². The van der Waals surface area contributed by atoms with Crippen LogP contribution in [-0.4, -0.2) is 38.5 Å². The Morgan fingerprint density at radius 1 is 1.19 bits per heavy atom. The van der Waals surface area contributed by atoms with Gasteiger partial charge in [-0.1, -0.05) is 13.0 Å². The zero-order valence-electron chi connectivity index (χ0n) is 15.3. The van der Waals surface area contributed by atoms with Crippen molar-refractivity contribution in [3.8, 4) is 0 Å². The summed E-state index contributed by atoms with van der Waals surface area (Å²) in [6.45, 7) is 6.07. The first kappa shape index (κ1) is 18.5. The largest absolute Gasteiger partial charge is 0.348 e. The van der Waals surface area contributed by atoms with Crippen LogP contribution in [0.2, 0.25) is 0 Å². The third-order valence-electron chi connectivity index (χ3n) is 4.80. The molecule has 0 radical (unpaired) electrons. The van der Waals surface area contributed by atoms with Crippen molar-refractivity contribution < 1.29 is 19.3 Å². The minimum atomic E-state index is -0.807. The topological polar surface area (TPSA) is 103 Å². The Morgan fingerprint density at radius 3 is 2.52 bits per heavy atom. The van der Waals surface area contributed by atoms with Crippen LogP contribution in [0.15, 0.2) is 24.3 Å². The van der Waals surface area contributed by atoms with Crippen LogP contribution in [0, 0.1) is 24.0 Å². The van der Waals surface area contributed by atoms with E-state index in [4.69, 9.17) is 0 Å². The summed E-state index contributed by atoms with van der Waals surface area (Å²) in [4.78, 5) is 49.1. The van der Waals surface area contributed by atoms with E-state index in [-0.39, 0.29) is 16.9 Å². The first-order valence-corrected chi connectivity index (χ1v) is 8.61. The fraction of sp³-hybridized carbons (Fsp3) is 0.316. The van der Waals surface area contributed by atoms with Gasteiger partial charge in [0.05, 0.1) is 17.0 Å². The fourth-order valence-corrected chi connectivity index (χ4v) is 3.49. The average Bonchev–Trinajstić information content (AvgIpc) is 3.05. The zero-order chi connectivity index (χ0) is 19.9. The molecular formula is C19H19N3O5. The molecule has 1 aromatic carbocycles. The predicted molar refractivity (Wildman–Crippen MR) is 97.0 cm³/mol. The highest BCUT2D eigenvalue weighted by molar-refractivity contribution is 6.24. The van der Waals surface area contributed by atoms with Crippen molar-refractivity contribution in [2.75, 3.05) is 6.54 Å². The molecule has 0 fully saturated rings. The highest BCUT2D eigenvalue weighted by Gasteiger charge is 2.41. The molecule has 2 amide bonds. The molecule has 0 atom stereocenters. The van der Waals surface area contributed by atoms with Gasteiger partial charge in [-0.25, -0.2) is 0 Å². The van der Waals surface area contributed by atoms with Gasteiger partial charge in [0.2, 0.25) is 0 Å². The molecule has 3 rings (SSSR count). The number of aryl methyl sites for hydroxylation is 1. The van der Waals surface area contributed by atoms with Crippen molar-refractivity contribution >= 4 is 23.3 Å². The normalized spacial score (nSPS) is 13.2. The third-order valence-corrected chi connectivity index (χ3v) is 4.80. The Morgan fingerprint density at radius 2 is 1.89 bits per heavy atom. The van der Waals surface area contributed by atoms with Gasteiger partial charge in [0, 0.05) is 29.6 Å². The van der Waals surface area contributed by atoms with Crippen LogP contribution in [0.5, 0.6) is 0 Å². The summed E-state index contributed by atoms with van der Waals surface area (Å²) >= 11 is 0. The van der Waals surface area contributed by atoms with E-state index in [1.165, 1.54) is 18.2 Å². The molecule has 0 saturated heterocycles. The van der Waals surface area contributed by atoms with Crippen LogP contribution in [0.3, 0.4) is 0 Å². The number of benzene rings is 1. The number of nitrogens with zero attached hydrogens (tertiary/aromatic N) is 3. The van der Waals surface area contributed by atoms with E-state index in [1.54, 1.807) is 6.07 Å². The van der Waals surface area contributed by atoms with Gasteiger partial charge in [-0.05, 0) is 32.4 Å². The van der Waals surface area contributed by atoms with Crippen molar-refractivity contribution in [3.63, 3.8) is 0 Å². The summed E-state index contributed by atoms with van der Waals surface area (Å²) in [7, 11) is 0. The lowest BCUT2D eigenvalue weighted by atomic mass is 10.1. The minimum absolute atomic E-state index is 0.0431. The second kappa shape index (κ2) is 6.79. The van der Waals surface area contributed by atoms with Gasteiger partial charge in [-0.2, -0.15) is 0 Å². The fourth-order valence-electron chi connectivity index (χ4n) is 3.49. The van der Waals surface area contributed by atoms with Gasteiger partial charge in [0.25, 0.3) is 17.5 Å². The van der Waals surface area contributed by atoms with Crippen molar-refractivity contribution in [2.24, 2.45) is 0 Å². The molecule has 140 valence electrons. The maximum Gasteiger partial charge on any atom is 0.282 e. The second-order valence-electron chi connectivity index (χ2n) is 6.51. The average molecular weight is 369 g/mol. The summed E-state index contributed by atoms with van der Waals surface area (Å²) in [5.41, 5.74) is 1.43. The molecular weight excluding hydrogens is 350 g/mol. The molecule has 0 N–H and O–H groups in total. The number of carbonyl (C=O) groups excluding carboxylic acids is 3. The van der Waals surface area contributed by atoms with Crippen LogP contribution >= 0.6 is 0 Å². The molecule has 27 heavy (non-hydrogen) atoms. The smallest absolute Gasteiger partial charge is 0.282 e. The monoisotopic (exact) mass is 369 g/mol. The number of Topliss-reactive ketones (excluding diaryl/α,β-unsaturated/α-hetero) is 1. The molecule has 8 nitrogen and oxygen atoms in total. The molecule has 0 saturated carbocycles.